The van der Waals surface area contributed by atoms with Gasteiger partial charge in [0.2, 0.25) is 0 Å². The quantitative estimate of drug-likeness (QED) is 0.599. The largest absolute Gasteiger partial charge is 0.329 e. The van der Waals surface area contributed by atoms with Crippen molar-refractivity contribution in [3.05, 3.63) is 39.3 Å². The van der Waals surface area contributed by atoms with Crippen molar-refractivity contribution in [3.8, 4) is 0 Å². The van der Waals surface area contributed by atoms with E-state index < -0.39 is 5.69 Å². The van der Waals surface area contributed by atoms with Gasteiger partial charge in [-0.1, -0.05) is 25.3 Å². The highest BCUT2D eigenvalue weighted by Gasteiger charge is 2.14. The van der Waals surface area contributed by atoms with E-state index in [0.29, 0.717) is 11.2 Å². The summed E-state index contributed by atoms with van der Waals surface area (Å²) in [6.45, 7) is 3.72. The third-order valence-corrected chi connectivity index (χ3v) is 4.04. The van der Waals surface area contributed by atoms with E-state index in [4.69, 9.17) is 0 Å². The number of aromatic nitrogens is 4. The Morgan fingerprint density at radius 1 is 1.09 bits per heavy atom. The molecule has 0 amide bonds. The Balaban J connectivity index is 2.04. The highest BCUT2D eigenvalue weighted by atomic mass is 16.2. The molecule has 0 atom stereocenters. The zero-order chi connectivity index (χ0) is 16.1. The SMILES string of the molecule is C=CCCCCCCCc1nc2c(c(=O)[nH]c(=O)n2C)n1C. The number of allylic oxidation sites excluding steroid dienone is 1. The van der Waals surface area contributed by atoms with Crippen molar-refractivity contribution in [2.75, 3.05) is 0 Å². The molecule has 0 saturated carbocycles. The summed E-state index contributed by atoms with van der Waals surface area (Å²) in [4.78, 5) is 30.3. The predicted octanol–water partition coefficient (Wildman–Crippen LogP) is 2.03. The Labute approximate surface area is 129 Å². The summed E-state index contributed by atoms with van der Waals surface area (Å²) in [5.74, 6) is 0.854. The molecule has 2 rings (SSSR count). The molecule has 2 heterocycles. The van der Waals surface area contributed by atoms with E-state index in [9.17, 15) is 9.59 Å². The minimum absolute atomic E-state index is 0.372. The Kier molecular flexibility index (Phi) is 5.35. The number of aryl methyl sites for hydroxylation is 3. The number of hydrogen-bond donors (Lipinski definition) is 1. The van der Waals surface area contributed by atoms with Gasteiger partial charge < -0.3 is 4.57 Å². The highest BCUT2D eigenvalue weighted by Crippen LogP contribution is 2.13. The van der Waals surface area contributed by atoms with Crippen molar-refractivity contribution in [1.29, 1.82) is 0 Å². The minimum Gasteiger partial charge on any atom is -0.325 e. The summed E-state index contributed by atoms with van der Waals surface area (Å²) in [6.07, 6.45) is 9.68. The Morgan fingerprint density at radius 2 is 1.77 bits per heavy atom. The van der Waals surface area contributed by atoms with Gasteiger partial charge in [-0.2, -0.15) is 0 Å². The number of nitrogens with one attached hydrogen (secondary N) is 1. The van der Waals surface area contributed by atoms with E-state index in [2.05, 4.69) is 16.5 Å². The van der Waals surface area contributed by atoms with E-state index in [1.54, 1.807) is 11.6 Å². The maximum absolute atomic E-state index is 11.9. The highest BCUT2D eigenvalue weighted by molar-refractivity contribution is 5.70. The molecule has 2 aromatic rings. The first-order chi connectivity index (χ1) is 10.6. The van der Waals surface area contributed by atoms with Gasteiger partial charge in [-0.05, 0) is 19.3 Å². The van der Waals surface area contributed by atoms with E-state index in [-0.39, 0.29) is 5.56 Å². The monoisotopic (exact) mass is 304 g/mol. The summed E-state index contributed by atoms with van der Waals surface area (Å²) in [6, 6.07) is 0. The second-order valence-corrected chi connectivity index (χ2v) is 5.67. The van der Waals surface area contributed by atoms with Crippen LogP contribution >= 0.6 is 0 Å². The summed E-state index contributed by atoms with van der Waals surface area (Å²) >= 11 is 0. The standard InChI is InChI=1S/C16H24N4O2/c1-4-5-6-7-8-9-10-11-12-17-14-13(19(12)2)15(21)18-16(22)20(14)3/h4H,1,5-11H2,2-3H3,(H,18,21,22). The molecule has 0 fully saturated rings. The zero-order valence-electron chi connectivity index (χ0n) is 13.4. The molecule has 0 bridgehead atoms. The van der Waals surface area contributed by atoms with Crippen LogP contribution in [0.2, 0.25) is 0 Å². The van der Waals surface area contributed by atoms with Crippen molar-refractivity contribution >= 4 is 11.2 Å². The van der Waals surface area contributed by atoms with Crippen molar-refractivity contribution < 1.29 is 0 Å². The van der Waals surface area contributed by atoms with Crippen LogP contribution in [0.25, 0.3) is 11.2 Å². The molecule has 2 aromatic heterocycles. The lowest BCUT2D eigenvalue weighted by molar-refractivity contribution is 0.604. The number of fused-ring (bicyclic) bond motifs is 1. The van der Waals surface area contributed by atoms with Crippen LogP contribution in [0.1, 0.15) is 44.3 Å². The third kappa shape index (κ3) is 3.37. The van der Waals surface area contributed by atoms with Gasteiger partial charge in [0, 0.05) is 20.5 Å². The molecular formula is C16H24N4O2. The third-order valence-electron chi connectivity index (χ3n) is 4.04. The molecule has 0 radical (unpaired) electrons. The van der Waals surface area contributed by atoms with Gasteiger partial charge in [-0.3, -0.25) is 14.3 Å². The summed E-state index contributed by atoms with van der Waals surface area (Å²) < 4.78 is 3.18. The van der Waals surface area contributed by atoms with Crippen molar-refractivity contribution in [3.63, 3.8) is 0 Å². The van der Waals surface area contributed by atoms with Crippen molar-refractivity contribution in [2.24, 2.45) is 14.1 Å². The minimum atomic E-state index is -0.427. The van der Waals surface area contributed by atoms with Crippen LogP contribution in [0, 0.1) is 0 Å². The van der Waals surface area contributed by atoms with Gasteiger partial charge >= 0.3 is 5.69 Å². The van der Waals surface area contributed by atoms with Crippen LogP contribution in [0.3, 0.4) is 0 Å². The van der Waals surface area contributed by atoms with E-state index >= 15 is 0 Å². The molecule has 0 aliphatic heterocycles. The number of hydrogen-bond acceptors (Lipinski definition) is 3. The topological polar surface area (TPSA) is 72.7 Å². The Bertz CT molecular complexity index is 767. The molecule has 22 heavy (non-hydrogen) atoms. The first-order valence-corrected chi connectivity index (χ1v) is 7.81. The first-order valence-electron chi connectivity index (χ1n) is 7.81. The molecule has 0 saturated heterocycles. The fraction of sp³-hybridized carbons (Fsp3) is 0.562. The Morgan fingerprint density at radius 3 is 2.50 bits per heavy atom. The van der Waals surface area contributed by atoms with Gasteiger partial charge in [0.25, 0.3) is 5.56 Å². The molecule has 0 spiro atoms. The van der Waals surface area contributed by atoms with Gasteiger partial charge in [-0.15, -0.1) is 6.58 Å². The molecule has 6 nitrogen and oxygen atoms in total. The maximum atomic E-state index is 11.9. The van der Waals surface area contributed by atoms with Crippen LogP contribution in [-0.2, 0) is 20.5 Å². The average Bonchev–Trinajstić information content (AvgIpc) is 2.82. The molecular weight excluding hydrogens is 280 g/mol. The van der Waals surface area contributed by atoms with Gasteiger partial charge in [-0.25, -0.2) is 9.78 Å². The molecule has 0 aliphatic carbocycles. The van der Waals surface area contributed by atoms with Crippen LogP contribution in [0.15, 0.2) is 22.2 Å². The second-order valence-electron chi connectivity index (χ2n) is 5.67. The number of unbranched alkanes of at least 4 members (excludes halogenated alkanes) is 5. The number of aromatic amines is 1. The summed E-state index contributed by atoms with van der Waals surface area (Å²) in [5.41, 5.74) is 0.119. The van der Waals surface area contributed by atoms with Crippen LogP contribution < -0.4 is 11.2 Å². The van der Waals surface area contributed by atoms with Crippen LogP contribution in [0.5, 0.6) is 0 Å². The Hall–Kier alpha value is -2.11. The van der Waals surface area contributed by atoms with Crippen LogP contribution in [-0.4, -0.2) is 19.1 Å². The van der Waals surface area contributed by atoms with E-state index in [1.165, 1.54) is 23.8 Å². The molecule has 0 unspecified atom stereocenters. The predicted molar refractivity (Wildman–Crippen MR) is 88.2 cm³/mol. The number of nitrogens with zero attached hydrogens (tertiary/aromatic N) is 3. The smallest absolute Gasteiger partial charge is 0.325 e. The lowest BCUT2D eigenvalue weighted by Gasteiger charge is -2.02. The second kappa shape index (κ2) is 7.24. The lowest BCUT2D eigenvalue weighted by atomic mass is 10.1. The average molecular weight is 304 g/mol. The van der Waals surface area contributed by atoms with Gasteiger partial charge in [0.1, 0.15) is 5.82 Å². The fourth-order valence-corrected chi connectivity index (χ4v) is 2.68. The van der Waals surface area contributed by atoms with Crippen molar-refractivity contribution in [2.45, 2.75) is 44.9 Å². The van der Waals surface area contributed by atoms with E-state index in [1.807, 2.05) is 13.1 Å². The number of H-pyrrole nitrogens is 1. The number of rotatable bonds is 8. The number of imidazole rings is 1. The molecule has 6 heteroatoms. The summed E-state index contributed by atoms with van der Waals surface area (Å²) in [7, 11) is 3.45. The molecule has 1 N–H and O–H groups in total. The summed E-state index contributed by atoms with van der Waals surface area (Å²) in [5, 5.41) is 0. The maximum Gasteiger partial charge on any atom is 0.329 e. The van der Waals surface area contributed by atoms with Crippen molar-refractivity contribution in [1.82, 2.24) is 19.1 Å². The van der Waals surface area contributed by atoms with Gasteiger partial charge in [0.05, 0.1) is 0 Å². The van der Waals surface area contributed by atoms with Gasteiger partial charge in [0.15, 0.2) is 11.2 Å². The first kappa shape index (κ1) is 16.3. The molecule has 120 valence electrons. The normalized spacial score (nSPS) is 11.2. The molecule has 0 aromatic carbocycles. The lowest BCUT2D eigenvalue weighted by Crippen LogP contribution is -2.29. The van der Waals surface area contributed by atoms with E-state index in [0.717, 1.165) is 31.5 Å². The fourth-order valence-electron chi connectivity index (χ4n) is 2.68. The van der Waals surface area contributed by atoms with Crippen LogP contribution in [0.4, 0.5) is 0 Å². The zero-order valence-corrected chi connectivity index (χ0v) is 13.4. The molecule has 0 aliphatic rings.